The lowest BCUT2D eigenvalue weighted by Crippen LogP contribution is -2.25. The fraction of sp³-hybridized carbons (Fsp3) is 0.250. The Labute approximate surface area is 142 Å². The molecule has 0 aliphatic heterocycles. The van der Waals surface area contributed by atoms with Crippen LogP contribution in [0.2, 0.25) is 0 Å². The molecule has 0 bridgehead atoms. The number of anilines is 1. The van der Waals surface area contributed by atoms with Crippen molar-refractivity contribution < 1.29 is 14.5 Å². The molecule has 0 saturated carbocycles. The van der Waals surface area contributed by atoms with Crippen molar-refractivity contribution in [2.45, 2.75) is 13.0 Å². The van der Waals surface area contributed by atoms with Crippen LogP contribution in [0.1, 0.15) is 6.92 Å². The van der Waals surface area contributed by atoms with Gasteiger partial charge in [0.25, 0.3) is 5.82 Å². The first-order valence-corrected chi connectivity index (χ1v) is 8.06. The average Bonchev–Trinajstić information content (AvgIpc) is 2.61. The SMILES string of the molecule is COC[C@H](C)Nc1cc(-c2ccccc2)c2ccc(OC)cc2[nH+]1. The Morgan fingerprint density at radius 2 is 1.83 bits per heavy atom. The van der Waals surface area contributed by atoms with Crippen molar-refractivity contribution in [1.29, 1.82) is 0 Å². The summed E-state index contributed by atoms with van der Waals surface area (Å²) in [5.41, 5.74) is 3.39. The molecule has 124 valence electrons. The maximum absolute atomic E-state index is 5.37. The van der Waals surface area contributed by atoms with E-state index in [0.717, 1.165) is 22.5 Å². The van der Waals surface area contributed by atoms with E-state index in [4.69, 9.17) is 9.47 Å². The first-order chi connectivity index (χ1) is 11.7. The Morgan fingerprint density at radius 1 is 1.04 bits per heavy atom. The van der Waals surface area contributed by atoms with E-state index < -0.39 is 0 Å². The summed E-state index contributed by atoms with van der Waals surface area (Å²) in [7, 11) is 3.39. The molecule has 1 aromatic heterocycles. The highest BCUT2D eigenvalue weighted by Gasteiger charge is 2.15. The lowest BCUT2D eigenvalue weighted by atomic mass is 10.0. The molecule has 1 atom stereocenters. The lowest BCUT2D eigenvalue weighted by molar-refractivity contribution is -0.327. The zero-order chi connectivity index (χ0) is 16.9. The molecule has 0 unspecified atom stereocenters. The quantitative estimate of drug-likeness (QED) is 0.751. The monoisotopic (exact) mass is 323 g/mol. The Hall–Kier alpha value is -2.59. The Kier molecular flexibility index (Phi) is 4.96. The number of rotatable bonds is 6. The van der Waals surface area contributed by atoms with Crippen molar-refractivity contribution in [3.05, 3.63) is 54.6 Å². The van der Waals surface area contributed by atoms with Crippen LogP contribution < -0.4 is 15.0 Å². The highest BCUT2D eigenvalue weighted by molar-refractivity contribution is 5.94. The number of pyridine rings is 1. The molecule has 2 aromatic carbocycles. The molecule has 4 nitrogen and oxygen atoms in total. The molecule has 3 aromatic rings. The van der Waals surface area contributed by atoms with E-state index >= 15 is 0 Å². The lowest BCUT2D eigenvalue weighted by Gasteiger charge is -2.11. The number of aromatic amines is 1. The summed E-state index contributed by atoms with van der Waals surface area (Å²) in [5.74, 6) is 1.79. The van der Waals surface area contributed by atoms with Crippen molar-refractivity contribution in [2.24, 2.45) is 0 Å². The first kappa shape index (κ1) is 16.3. The van der Waals surface area contributed by atoms with Gasteiger partial charge in [0.2, 0.25) is 0 Å². The van der Waals surface area contributed by atoms with Crippen LogP contribution in [0.5, 0.6) is 5.75 Å². The van der Waals surface area contributed by atoms with Crippen LogP contribution in [0.4, 0.5) is 5.82 Å². The molecule has 0 aliphatic carbocycles. The zero-order valence-electron chi connectivity index (χ0n) is 14.3. The number of aromatic nitrogens is 1. The largest absolute Gasteiger partial charge is 0.497 e. The van der Waals surface area contributed by atoms with Gasteiger partial charge in [-0.05, 0) is 24.6 Å². The van der Waals surface area contributed by atoms with Crippen molar-refractivity contribution >= 4 is 16.7 Å². The summed E-state index contributed by atoms with van der Waals surface area (Å²) in [6.07, 6.45) is 0. The Bertz CT molecular complexity index is 818. The van der Waals surface area contributed by atoms with Gasteiger partial charge >= 0.3 is 0 Å². The number of H-pyrrole nitrogens is 1. The van der Waals surface area contributed by atoms with E-state index in [1.165, 1.54) is 11.1 Å². The van der Waals surface area contributed by atoms with Crippen LogP contribution >= 0.6 is 0 Å². The third-order valence-corrected chi connectivity index (χ3v) is 3.98. The maximum Gasteiger partial charge on any atom is 0.273 e. The molecule has 0 saturated heterocycles. The smallest absolute Gasteiger partial charge is 0.273 e. The molecule has 3 rings (SSSR count). The van der Waals surface area contributed by atoms with Crippen molar-refractivity contribution in [3.63, 3.8) is 0 Å². The second kappa shape index (κ2) is 7.32. The molecule has 0 spiro atoms. The highest BCUT2D eigenvalue weighted by Crippen LogP contribution is 2.30. The van der Waals surface area contributed by atoms with Gasteiger partial charge in [-0.15, -0.1) is 0 Å². The Balaban J connectivity index is 2.13. The number of methoxy groups -OCH3 is 2. The van der Waals surface area contributed by atoms with Crippen molar-refractivity contribution in [2.75, 3.05) is 26.1 Å². The minimum Gasteiger partial charge on any atom is -0.497 e. The van der Waals surface area contributed by atoms with E-state index in [1.807, 2.05) is 18.2 Å². The van der Waals surface area contributed by atoms with Gasteiger partial charge in [-0.3, -0.25) is 5.32 Å². The predicted octanol–water partition coefficient (Wildman–Crippen LogP) is 3.78. The number of hydrogen-bond donors (Lipinski definition) is 1. The molecule has 0 radical (unpaired) electrons. The van der Waals surface area contributed by atoms with E-state index in [9.17, 15) is 0 Å². The summed E-state index contributed by atoms with van der Waals surface area (Å²) in [6, 6.07) is 18.9. The van der Waals surface area contributed by atoms with Crippen LogP contribution in [-0.4, -0.2) is 26.9 Å². The molecular formula is C20H23N2O2+. The number of benzene rings is 2. The number of fused-ring (bicyclic) bond motifs is 1. The van der Waals surface area contributed by atoms with E-state index in [2.05, 4.69) is 53.6 Å². The minimum absolute atomic E-state index is 0.206. The zero-order valence-corrected chi connectivity index (χ0v) is 14.3. The van der Waals surface area contributed by atoms with E-state index in [1.54, 1.807) is 14.2 Å². The van der Waals surface area contributed by atoms with Gasteiger partial charge in [-0.1, -0.05) is 30.3 Å². The van der Waals surface area contributed by atoms with Crippen molar-refractivity contribution in [3.8, 4) is 16.9 Å². The normalized spacial score (nSPS) is 12.1. The highest BCUT2D eigenvalue weighted by atomic mass is 16.5. The number of nitrogens with one attached hydrogen (secondary N) is 2. The van der Waals surface area contributed by atoms with Gasteiger partial charge < -0.3 is 9.47 Å². The van der Waals surface area contributed by atoms with Crippen LogP contribution in [0.15, 0.2) is 54.6 Å². The Morgan fingerprint density at radius 3 is 2.54 bits per heavy atom. The second-order valence-corrected chi connectivity index (χ2v) is 5.87. The third kappa shape index (κ3) is 3.49. The number of ether oxygens (including phenoxy) is 2. The van der Waals surface area contributed by atoms with E-state index in [0.29, 0.717) is 6.61 Å². The average molecular weight is 323 g/mol. The fourth-order valence-electron chi connectivity index (χ4n) is 2.88. The summed E-state index contributed by atoms with van der Waals surface area (Å²) in [6.45, 7) is 2.74. The minimum atomic E-state index is 0.206. The molecule has 1 heterocycles. The molecule has 0 fully saturated rings. The first-order valence-electron chi connectivity index (χ1n) is 8.06. The molecule has 0 aliphatic rings. The van der Waals surface area contributed by atoms with Gasteiger partial charge in [-0.2, -0.15) is 0 Å². The van der Waals surface area contributed by atoms with E-state index in [-0.39, 0.29) is 6.04 Å². The summed E-state index contributed by atoms with van der Waals surface area (Å²) in [5, 5.41) is 4.62. The maximum atomic E-state index is 5.37. The predicted molar refractivity (Wildman–Crippen MR) is 97.5 cm³/mol. The van der Waals surface area contributed by atoms with Gasteiger partial charge in [0.15, 0.2) is 0 Å². The molecule has 4 heteroatoms. The van der Waals surface area contributed by atoms with Crippen molar-refractivity contribution in [1.82, 2.24) is 0 Å². The standard InChI is InChI=1S/C20H22N2O2/c1-14(13-23-2)21-20-12-18(15-7-5-4-6-8-15)17-10-9-16(24-3)11-19(17)22-20/h4-12,14H,13H2,1-3H3,(H,21,22)/p+1/t14-/m0/s1. The second-order valence-electron chi connectivity index (χ2n) is 5.87. The summed E-state index contributed by atoms with van der Waals surface area (Å²) < 4.78 is 10.6. The van der Waals surface area contributed by atoms with Gasteiger partial charge in [0, 0.05) is 30.2 Å². The topological polar surface area (TPSA) is 44.6 Å². The molecule has 24 heavy (non-hydrogen) atoms. The fourth-order valence-corrected chi connectivity index (χ4v) is 2.88. The van der Waals surface area contributed by atoms with Gasteiger partial charge in [0.1, 0.15) is 17.3 Å². The third-order valence-electron chi connectivity index (χ3n) is 3.98. The van der Waals surface area contributed by atoms with Crippen LogP contribution in [0, 0.1) is 0 Å². The van der Waals surface area contributed by atoms with Crippen LogP contribution in [0.3, 0.4) is 0 Å². The van der Waals surface area contributed by atoms with Gasteiger partial charge in [-0.25, -0.2) is 4.98 Å². The summed E-state index contributed by atoms with van der Waals surface area (Å²) in [4.78, 5) is 3.45. The molecule has 0 amide bonds. The molecular weight excluding hydrogens is 300 g/mol. The number of hydrogen-bond acceptors (Lipinski definition) is 3. The van der Waals surface area contributed by atoms with Crippen LogP contribution in [0.25, 0.3) is 22.0 Å². The van der Waals surface area contributed by atoms with Crippen LogP contribution in [-0.2, 0) is 4.74 Å². The summed E-state index contributed by atoms with van der Waals surface area (Å²) >= 11 is 0. The molecule has 2 N–H and O–H groups in total. The van der Waals surface area contributed by atoms with Gasteiger partial charge in [0.05, 0.1) is 13.7 Å².